The molecule has 39 heavy (non-hydrogen) atoms. The van der Waals surface area contributed by atoms with Gasteiger partial charge in [-0.1, -0.05) is 37.3 Å². The fourth-order valence-electron chi connectivity index (χ4n) is 4.40. The first kappa shape index (κ1) is 30.5. The summed E-state index contributed by atoms with van der Waals surface area (Å²) in [5.74, 6) is -0.622. The van der Waals surface area contributed by atoms with Gasteiger partial charge in [0.2, 0.25) is 5.95 Å². The molecule has 0 aromatic carbocycles. The molecule has 216 valence electrons. The number of nitrogens with one attached hydrogen (secondary N) is 4. The van der Waals surface area contributed by atoms with Crippen molar-refractivity contribution in [3.63, 3.8) is 0 Å². The summed E-state index contributed by atoms with van der Waals surface area (Å²) in [6, 6.07) is 0. The lowest BCUT2D eigenvalue weighted by molar-refractivity contribution is -0.165. The van der Waals surface area contributed by atoms with Gasteiger partial charge in [-0.05, 0) is 19.8 Å². The van der Waals surface area contributed by atoms with E-state index in [1.807, 2.05) is 6.92 Å². The van der Waals surface area contributed by atoms with Crippen molar-refractivity contribution < 1.29 is 33.3 Å². The lowest BCUT2D eigenvalue weighted by atomic mass is 10.1. The van der Waals surface area contributed by atoms with Crippen LogP contribution in [-0.4, -0.2) is 83.8 Å². The summed E-state index contributed by atoms with van der Waals surface area (Å²) in [6.45, 7) is 7.28. The zero-order valence-corrected chi connectivity index (χ0v) is 24.2. The van der Waals surface area contributed by atoms with Crippen LogP contribution in [0.3, 0.4) is 0 Å². The molecule has 2 aliphatic rings. The number of carbonyl (C=O) groups is 3. The van der Waals surface area contributed by atoms with E-state index >= 15 is 0 Å². The van der Waals surface area contributed by atoms with Crippen molar-refractivity contribution in [3.8, 4) is 0 Å². The number of rotatable bonds is 13. The third-order valence-corrected chi connectivity index (χ3v) is 6.47. The highest BCUT2D eigenvalue weighted by Crippen LogP contribution is 2.38. The number of anilines is 3. The second-order valence-electron chi connectivity index (χ2n) is 9.26. The quantitative estimate of drug-likeness (QED) is 0.116. The number of carbonyl (C=O) groups excluding carboxylic acids is 3. The Morgan fingerprint density at radius 1 is 1.03 bits per heavy atom. The lowest BCUT2D eigenvalue weighted by Crippen LogP contribution is -2.47. The minimum atomic E-state index is -0.997. The Morgan fingerprint density at radius 3 is 2.33 bits per heavy atom. The van der Waals surface area contributed by atoms with Gasteiger partial charge in [0, 0.05) is 33.9 Å². The number of ether oxygens (including phenoxy) is 4. The molecule has 1 aromatic rings. The highest BCUT2D eigenvalue weighted by Gasteiger charge is 2.53. The van der Waals surface area contributed by atoms with Crippen molar-refractivity contribution >= 4 is 64.8 Å². The maximum absolute atomic E-state index is 12.0. The van der Waals surface area contributed by atoms with E-state index in [0.29, 0.717) is 28.6 Å². The van der Waals surface area contributed by atoms with E-state index in [1.54, 1.807) is 4.90 Å². The fourth-order valence-corrected chi connectivity index (χ4v) is 4.76. The van der Waals surface area contributed by atoms with Crippen LogP contribution in [0.15, 0.2) is 0 Å². The molecule has 13 nitrogen and oxygen atoms in total. The molecule has 2 unspecified atom stereocenters. The molecule has 0 saturated carbocycles. The topological polar surface area (TPSA) is 156 Å². The van der Waals surface area contributed by atoms with E-state index in [0.717, 1.165) is 37.2 Å². The van der Waals surface area contributed by atoms with Crippen LogP contribution in [0.5, 0.6) is 0 Å². The summed E-state index contributed by atoms with van der Waals surface area (Å²) >= 11 is 10.5. The van der Waals surface area contributed by atoms with E-state index in [4.69, 9.17) is 43.4 Å². The minimum Gasteiger partial charge on any atom is -0.463 e. The van der Waals surface area contributed by atoms with Crippen LogP contribution in [0.25, 0.3) is 0 Å². The second kappa shape index (κ2) is 14.4. The summed E-state index contributed by atoms with van der Waals surface area (Å²) in [6.07, 6.45) is 0.391. The Bertz CT molecular complexity index is 1120. The summed E-state index contributed by atoms with van der Waals surface area (Å²) in [5.41, 5.74) is 0.592. The van der Waals surface area contributed by atoms with E-state index in [-0.39, 0.29) is 13.3 Å². The van der Waals surface area contributed by atoms with Crippen LogP contribution in [0.4, 0.5) is 17.5 Å². The Kier molecular flexibility index (Phi) is 11.2. The average Bonchev–Trinajstić information content (AvgIpc) is 3.40. The number of hydrogen-bond donors (Lipinski definition) is 4. The molecule has 4 N–H and O–H groups in total. The Balaban J connectivity index is 1.72. The van der Waals surface area contributed by atoms with Gasteiger partial charge in [-0.25, -0.2) is 4.98 Å². The fraction of sp³-hybridized carbons (Fsp3) is 0.667. The minimum absolute atomic E-state index is 0.185. The zero-order valence-electron chi connectivity index (χ0n) is 22.5. The molecular formula is C24H36N6O7S2. The molecule has 1 fully saturated rings. The largest absolute Gasteiger partial charge is 0.463 e. The van der Waals surface area contributed by atoms with Crippen LogP contribution < -0.4 is 20.9 Å². The van der Waals surface area contributed by atoms with Gasteiger partial charge < -0.3 is 44.8 Å². The van der Waals surface area contributed by atoms with Crippen LogP contribution in [0.1, 0.15) is 53.4 Å². The maximum Gasteiger partial charge on any atom is 0.303 e. The first-order valence-electron chi connectivity index (χ1n) is 12.8. The Morgan fingerprint density at radius 2 is 1.69 bits per heavy atom. The molecule has 0 spiro atoms. The molecule has 15 heteroatoms. The Hall–Kier alpha value is -3.04. The number of fused-ring (bicyclic) bond motifs is 1. The van der Waals surface area contributed by atoms with Crippen molar-refractivity contribution in [2.24, 2.45) is 0 Å². The molecule has 3 rings (SSSR count). The molecular weight excluding hydrogens is 548 g/mol. The predicted octanol–water partition coefficient (Wildman–Crippen LogP) is 2.39. The molecule has 0 aliphatic carbocycles. The monoisotopic (exact) mass is 584 g/mol. The number of hydrogen-bond acceptors (Lipinski definition) is 13. The van der Waals surface area contributed by atoms with Crippen molar-refractivity contribution in [3.05, 3.63) is 4.64 Å². The SMILES string of the molecule is CC(=O)OC[C@H]1OC(N2CNc3c2[nH]c(NCCCCCCNC(C)=S)nc3=S)C(OC(C)=O)[C@H]1OC(C)=O. The lowest BCUT2D eigenvalue weighted by Gasteiger charge is -2.29. The summed E-state index contributed by atoms with van der Waals surface area (Å²) in [5, 5.41) is 9.62. The van der Waals surface area contributed by atoms with Crippen LogP contribution in [-0.2, 0) is 33.3 Å². The molecule has 0 radical (unpaired) electrons. The van der Waals surface area contributed by atoms with Gasteiger partial charge >= 0.3 is 17.9 Å². The number of H-pyrrole nitrogens is 1. The summed E-state index contributed by atoms with van der Waals surface area (Å²) < 4.78 is 22.7. The third-order valence-electron chi connectivity index (χ3n) is 6.03. The highest BCUT2D eigenvalue weighted by molar-refractivity contribution is 7.80. The first-order chi connectivity index (χ1) is 18.6. The number of esters is 3. The smallest absolute Gasteiger partial charge is 0.303 e. The number of unbranched alkanes of at least 4 members (excludes halogenated alkanes) is 3. The van der Waals surface area contributed by atoms with E-state index in [9.17, 15) is 14.4 Å². The van der Waals surface area contributed by atoms with Gasteiger partial charge in [-0.3, -0.25) is 14.4 Å². The van der Waals surface area contributed by atoms with Crippen molar-refractivity contribution in [1.29, 1.82) is 0 Å². The maximum atomic E-state index is 12.0. The van der Waals surface area contributed by atoms with E-state index < -0.39 is 42.4 Å². The summed E-state index contributed by atoms with van der Waals surface area (Å²) in [4.78, 5) is 45.6. The molecule has 0 amide bonds. The molecule has 1 saturated heterocycles. The van der Waals surface area contributed by atoms with Gasteiger partial charge in [0.05, 0.1) is 11.7 Å². The van der Waals surface area contributed by atoms with E-state index in [2.05, 4.69) is 25.9 Å². The van der Waals surface area contributed by atoms with Crippen LogP contribution >= 0.6 is 24.4 Å². The van der Waals surface area contributed by atoms with Crippen LogP contribution in [0.2, 0.25) is 0 Å². The number of aromatic amines is 1. The molecule has 1 aromatic heterocycles. The van der Waals surface area contributed by atoms with Gasteiger partial charge in [-0.15, -0.1) is 0 Å². The van der Waals surface area contributed by atoms with Gasteiger partial charge in [0.1, 0.15) is 24.2 Å². The standard InChI is InChI=1S/C24H36N6O7S2/c1-13(38)25-9-7-5-6-8-10-26-24-28-21-18(22(39)29-24)27-12-30(21)23-20(36-16(4)33)19(35-15(3)32)17(37-23)11-34-14(2)31/h17,19-20,23,27H,5-12H2,1-4H3,(H,25,38)(H2,26,28,29,39)/t17-,19+,20?,23?/m1/s1. The van der Waals surface area contributed by atoms with Crippen molar-refractivity contribution in [2.45, 2.75) is 77.9 Å². The first-order valence-corrected chi connectivity index (χ1v) is 13.6. The third kappa shape index (κ3) is 8.73. The average molecular weight is 585 g/mol. The number of nitrogens with zero attached hydrogens (tertiary/aromatic N) is 2. The molecule has 0 bridgehead atoms. The second-order valence-corrected chi connectivity index (χ2v) is 10.3. The zero-order chi connectivity index (χ0) is 28.5. The van der Waals surface area contributed by atoms with Gasteiger partial charge in [0.15, 0.2) is 23.1 Å². The van der Waals surface area contributed by atoms with Gasteiger partial charge in [0.25, 0.3) is 0 Å². The Labute approximate surface area is 237 Å². The van der Waals surface area contributed by atoms with E-state index in [1.165, 1.54) is 20.8 Å². The molecule has 2 aliphatic heterocycles. The molecule has 3 heterocycles. The molecule has 4 atom stereocenters. The summed E-state index contributed by atoms with van der Waals surface area (Å²) in [7, 11) is 0. The van der Waals surface area contributed by atoms with Crippen molar-refractivity contribution in [1.82, 2.24) is 15.3 Å². The highest BCUT2D eigenvalue weighted by atomic mass is 32.1. The normalized spacial score (nSPS) is 21.5. The van der Waals surface area contributed by atoms with Gasteiger partial charge in [-0.2, -0.15) is 0 Å². The number of thiocarbonyl (C=S) groups is 1. The van der Waals surface area contributed by atoms with Crippen LogP contribution in [0, 0.1) is 4.64 Å². The predicted molar refractivity (Wildman–Crippen MR) is 150 cm³/mol. The van der Waals surface area contributed by atoms with Crippen molar-refractivity contribution in [2.75, 3.05) is 41.9 Å². The number of aromatic nitrogens is 2.